The molecule has 0 radical (unpaired) electrons. The van der Waals surface area contributed by atoms with Crippen LogP contribution in [0.5, 0.6) is 0 Å². The van der Waals surface area contributed by atoms with Gasteiger partial charge in [-0.2, -0.15) is 0 Å². The van der Waals surface area contributed by atoms with Crippen molar-refractivity contribution < 1.29 is 4.74 Å². The second kappa shape index (κ2) is 5.64. The highest BCUT2D eigenvalue weighted by Crippen LogP contribution is 2.29. The molecular weight excluding hydrogens is 260 g/mol. The Labute approximate surface area is 126 Å². The Balaban J connectivity index is 2.10. The third-order valence-corrected chi connectivity index (χ3v) is 4.25. The molecule has 1 atom stereocenters. The summed E-state index contributed by atoms with van der Waals surface area (Å²) in [4.78, 5) is 7.33. The Morgan fingerprint density at radius 2 is 2.14 bits per heavy atom. The van der Waals surface area contributed by atoms with Crippen LogP contribution in [0.3, 0.4) is 0 Å². The van der Waals surface area contributed by atoms with Gasteiger partial charge in [-0.05, 0) is 37.0 Å². The van der Waals surface area contributed by atoms with Crippen LogP contribution >= 0.6 is 0 Å². The third-order valence-electron chi connectivity index (χ3n) is 4.25. The van der Waals surface area contributed by atoms with E-state index in [1.165, 1.54) is 16.5 Å². The summed E-state index contributed by atoms with van der Waals surface area (Å²) in [5.74, 6) is 1.57. The molecule has 1 saturated heterocycles. The minimum Gasteiger partial charge on any atom is -0.375 e. The summed E-state index contributed by atoms with van der Waals surface area (Å²) in [6, 6.07) is 8.73. The molecule has 3 rings (SSSR count). The SMILES string of the molecule is Cc1cc(N2CCO[C@@H](C)C2)nc2c(C(C)C)cccc12. The molecule has 0 aliphatic carbocycles. The lowest BCUT2D eigenvalue weighted by atomic mass is 9.98. The molecule has 3 heteroatoms. The number of ether oxygens (including phenoxy) is 1. The van der Waals surface area contributed by atoms with Crippen LogP contribution in [-0.2, 0) is 4.74 Å². The molecule has 3 nitrogen and oxygen atoms in total. The average Bonchev–Trinajstić information content (AvgIpc) is 2.46. The van der Waals surface area contributed by atoms with Crippen LogP contribution in [0.1, 0.15) is 37.8 Å². The third kappa shape index (κ3) is 2.75. The molecule has 2 aromatic rings. The van der Waals surface area contributed by atoms with Crippen molar-refractivity contribution in [2.45, 2.75) is 39.7 Å². The molecule has 1 fully saturated rings. The molecule has 0 spiro atoms. The summed E-state index contributed by atoms with van der Waals surface area (Å²) in [6.07, 6.45) is 0.275. The molecule has 2 heterocycles. The smallest absolute Gasteiger partial charge is 0.129 e. The van der Waals surface area contributed by atoms with E-state index >= 15 is 0 Å². The Morgan fingerprint density at radius 3 is 2.86 bits per heavy atom. The zero-order valence-electron chi connectivity index (χ0n) is 13.4. The topological polar surface area (TPSA) is 25.4 Å². The van der Waals surface area contributed by atoms with Gasteiger partial charge in [0.2, 0.25) is 0 Å². The second-order valence-corrected chi connectivity index (χ2v) is 6.32. The van der Waals surface area contributed by atoms with Gasteiger partial charge in [0.25, 0.3) is 0 Å². The first kappa shape index (κ1) is 14.3. The number of hydrogen-bond donors (Lipinski definition) is 0. The molecule has 0 amide bonds. The standard InChI is InChI=1S/C18H24N2O/c1-12(2)15-6-5-7-16-13(3)10-17(19-18(15)16)20-8-9-21-14(4)11-20/h5-7,10,12,14H,8-9,11H2,1-4H3/t14-/m0/s1. The van der Waals surface area contributed by atoms with E-state index < -0.39 is 0 Å². The number of morpholine rings is 1. The van der Waals surface area contributed by atoms with Crippen molar-refractivity contribution in [3.8, 4) is 0 Å². The van der Waals surface area contributed by atoms with Gasteiger partial charge in [-0.1, -0.05) is 32.0 Å². The van der Waals surface area contributed by atoms with Crippen LogP contribution in [0.15, 0.2) is 24.3 Å². The quantitative estimate of drug-likeness (QED) is 0.836. The van der Waals surface area contributed by atoms with Crippen LogP contribution in [0.4, 0.5) is 5.82 Å². The van der Waals surface area contributed by atoms with E-state index in [1.807, 2.05) is 0 Å². The molecule has 21 heavy (non-hydrogen) atoms. The zero-order valence-corrected chi connectivity index (χ0v) is 13.4. The first-order valence-electron chi connectivity index (χ1n) is 7.83. The number of hydrogen-bond acceptors (Lipinski definition) is 3. The summed E-state index contributed by atoms with van der Waals surface area (Å²) in [5.41, 5.74) is 3.79. The molecule has 1 aromatic heterocycles. The van der Waals surface area contributed by atoms with Crippen LogP contribution in [0.2, 0.25) is 0 Å². The largest absolute Gasteiger partial charge is 0.375 e. The average molecular weight is 284 g/mol. The van der Waals surface area contributed by atoms with Crippen molar-refractivity contribution in [3.05, 3.63) is 35.4 Å². The van der Waals surface area contributed by atoms with E-state index in [9.17, 15) is 0 Å². The lowest BCUT2D eigenvalue weighted by Gasteiger charge is -2.32. The Hall–Kier alpha value is -1.61. The van der Waals surface area contributed by atoms with E-state index in [2.05, 4.69) is 56.9 Å². The van der Waals surface area contributed by atoms with Crippen molar-refractivity contribution in [2.24, 2.45) is 0 Å². The highest BCUT2D eigenvalue weighted by atomic mass is 16.5. The molecule has 1 aliphatic heterocycles. The molecule has 1 aliphatic rings. The maximum Gasteiger partial charge on any atom is 0.129 e. The number of benzene rings is 1. The van der Waals surface area contributed by atoms with Crippen molar-refractivity contribution in [1.82, 2.24) is 4.98 Å². The normalized spacial score (nSPS) is 19.5. The highest BCUT2D eigenvalue weighted by molar-refractivity contribution is 5.87. The zero-order chi connectivity index (χ0) is 15.0. The number of fused-ring (bicyclic) bond motifs is 1. The maximum absolute atomic E-state index is 5.64. The number of nitrogens with zero attached hydrogens (tertiary/aromatic N) is 2. The molecular formula is C18H24N2O. The molecule has 0 unspecified atom stereocenters. The summed E-state index contributed by atoms with van der Waals surface area (Å²) >= 11 is 0. The maximum atomic E-state index is 5.64. The fourth-order valence-corrected chi connectivity index (χ4v) is 3.08. The van der Waals surface area contributed by atoms with E-state index in [1.54, 1.807) is 0 Å². The molecule has 112 valence electrons. The van der Waals surface area contributed by atoms with E-state index in [0.717, 1.165) is 31.0 Å². The van der Waals surface area contributed by atoms with Crippen molar-refractivity contribution in [1.29, 1.82) is 0 Å². The molecule has 0 bridgehead atoms. The first-order chi connectivity index (χ1) is 10.1. The lowest BCUT2D eigenvalue weighted by Crippen LogP contribution is -2.41. The fourth-order valence-electron chi connectivity index (χ4n) is 3.08. The minimum absolute atomic E-state index is 0.275. The van der Waals surface area contributed by atoms with Gasteiger partial charge in [-0.15, -0.1) is 0 Å². The van der Waals surface area contributed by atoms with Gasteiger partial charge < -0.3 is 9.64 Å². The second-order valence-electron chi connectivity index (χ2n) is 6.32. The number of anilines is 1. The van der Waals surface area contributed by atoms with Crippen LogP contribution < -0.4 is 4.90 Å². The number of aryl methyl sites for hydroxylation is 1. The summed E-state index contributed by atoms with van der Waals surface area (Å²) in [6.45, 7) is 11.4. The van der Waals surface area contributed by atoms with Gasteiger partial charge in [0, 0.05) is 18.5 Å². The van der Waals surface area contributed by atoms with Gasteiger partial charge in [-0.25, -0.2) is 4.98 Å². The number of aromatic nitrogens is 1. The van der Waals surface area contributed by atoms with Crippen LogP contribution in [-0.4, -0.2) is 30.8 Å². The van der Waals surface area contributed by atoms with Crippen molar-refractivity contribution in [2.75, 3.05) is 24.6 Å². The lowest BCUT2D eigenvalue weighted by molar-refractivity contribution is 0.0529. The van der Waals surface area contributed by atoms with Crippen LogP contribution in [0, 0.1) is 6.92 Å². The number of para-hydroxylation sites is 1. The Morgan fingerprint density at radius 1 is 1.33 bits per heavy atom. The predicted molar refractivity (Wildman–Crippen MR) is 88.2 cm³/mol. The highest BCUT2D eigenvalue weighted by Gasteiger charge is 2.19. The minimum atomic E-state index is 0.275. The Kier molecular flexibility index (Phi) is 3.85. The van der Waals surface area contributed by atoms with E-state index in [-0.39, 0.29) is 6.10 Å². The monoisotopic (exact) mass is 284 g/mol. The van der Waals surface area contributed by atoms with Gasteiger partial charge in [0.15, 0.2) is 0 Å². The van der Waals surface area contributed by atoms with Gasteiger partial charge in [0.05, 0.1) is 18.2 Å². The van der Waals surface area contributed by atoms with Crippen molar-refractivity contribution in [3.63, 3.8) is 0 Å². The van der Waals surface area contributed by atoms with E-state index in [0.29, 0.717) is 5.92 Å². The number of pyridine rings is 1. The predicted octanol–water partition coefficient (Wildman–Crippen LogP) is 3.89. The fraction of sp³-hybridized carbons (Fsp3) is 0.500. The molecule has 1 aromatic carbocycles. The van der Waals surface area contributed by atoms with Gasteiger partial charge in [-0.3, -0.25) is 0 Å². The van der Waals surface area contributed by atoms with Crippen molar-refractivity contribution >= 4 is 16.7 Å². The van der Waals surface area contributed by atoms with Gasteiger partial charge in [0.1, 0.15) is 5.82 Å². The first-order valence-corrected chi connectivity index (χ1v) is 7.83. The van der Waals surface area contributed by atoms with Crippen LogP contribution in [0.25, 0.3) is 10.9 Å². The number of rotatable bonds is 2. The van der Waals surface area contributed by atoms with Gasteiger partial charge >= 0.3 is 0 Å². The molecule has 0 saturated carbocycles. The summed E-state index contributed by atoms with van der Waals surface area (Å²) in [7, 11) is 0. The molecule has 0 N–H and O–H groups in total. The summed E-state index contributed by atoms with van der Waals surface area (Å²) < 4.78 is 5.64. The Bertz CT molecular complexity index is 651. The van der Waals surface area contributed by atoms with E-state index in [4.69, 9.17) is 9.72 Å². The summed E-state index contributed by atoms with van der Waals surface area (Å²) in [5, 5.41) is 1.27.